The summed E-state index contributed by atoms with van der Waals surface area (Å²) in [7, 11) is 0. The lowest BCUT2D eigenvalue weighted by Gasteiger charge is -2.27. The van der Waals surface area contributed by atoms with Crippen LogP contribution in [0.15, 0.2) is 347 Å². The van der Waals surface area contributed by atoms with Crippen LogP contribution in [0.25, 0.3) is 199 Å². The highest BCUT2D eigenvalue weighted by Crippen LogP contribution is 2.55. The highest BCUT2D eigenvalue weighted by molar-refractivity contribution is 7.26. The van der Waals surface area contributed by atoms with Crippen LogP contribution in [0.3, 0.4) is 0 Å². The van der Waals surface area contributed by atoms with Crippen molar-refractivity contribution in [2.45, 2.75) is 0 Å². The van der Waals surface area contributed by atoms with E-state index in [4.69, 9.17) is 13.3 Å². The fourth-order valence-corrected chi connectivity index (χ4v) is 20.3. The molecule has 0 atom stereocenters. The first-order valence-corrected chi connectivity index (χ1v) is 37.7. The topological polar surface area (TPSA) is 50.3 Å². The van der Waals surface area contributed by atoms with Crippen molar-refractivity contribution in [2.24, 2.45) is 0 Å². The maximum absolute atomic E-state index is 7.58. The average molecular weight is 1390 g/mol. The van der Waals surface area contributed by atoms with Crippen molar-refractivity contribution < 1.29 is 13.3 Å². The number of benzene rings is 17. The lowest BCUT2D eigenvalue weighted by Crippen LogP contribution is -2.10. The van der Waals surface area contributed by atoms with E-state index in [1.807, 2.05) is 22.7 Å². The number of hydrogen-bond acceptors (Lipinski definition) is 7. The van der Waals surface area contributed by atoms with E-state index >= 15 is 0 Å². The fraction of sp³-hybridized carbons (Fsp3) is 0. The molecule has 0 saturated heterocycles. The molecule has 0 aliphatic carbocycles. The van der Waals surface area contributed by atoms with Gasteiger partial charge in [0.15, 0.2) is 0 Å². The van der Waals surface area contributed by atoms with Crippen LogP contribution in [0.5, 0.6) is 0 Å². The van der Waals surface area contributed by atoms with Crippen LogP contribution >= 0.6 is 22.7 Å². The predicted octanol–water partition coefficient (Wildman–Crippen LogP) is 29.5. The molecule has 0 saturated carbocycles. The second kappa shape index (κ2) is 22.0. The maximum atomic E-state index is 7.58. The standard InChI is InChI=1S/C98H55N3O3S2/c1-4-20-56(21-5-1)59-40-49-79-78(52-59)92-81(99(82-36-18-34-74-67-27-12-14-38-88(67)105-97(74)82)60-41-43-65-71-32-16-30-62(57-22-6-2-7-23-57)94(71)102-85(65)53-60)51-48-76-90-70-45-46-77-91-69-29-11-10-26-64(69)84(55-87(91)104-96(77)73(70)47-50-80(90)101(79)93(76)92)100(83-37-19-35-75-68-28-13-15-39-89(68)106-98(75)83)61-42-44-66-72-33-17-31-63(58-24-8-3-9-25-58)95(72)103-86(66)54-61/h1-55H. The molecular weight excluding hydrogens is 1330 g/mol. The molecule has 0 aliphatic rings. The molecular formula is C98H55N3O3S2. The Morgan fingerprint density at radius 3 is 1.32 bits per heavy atom. The number of fused-ring (bicyclic) bond motifs is 26. The number of rotatable bonds is 9. The summed E-state index contributed by atoms with van der Waals surface area (Å²) in [5.74, 6) is 0. The third-order valence-corrected chi connectivity index (χ3v) is 24.9. The monoisotopic (exact) mass is 1390 g/mol. The van der Waals surface area contributed by atoms with Gasteiger partial charge in [-0.05, 0) is 118 Å². The Labute approximate surface area is 612 Å². The van der Waals surface area contributed by atoms with Crippen molar-refractivity contribution in [2.75, 3.05) is 9.80 Å². The fourth-order valence-electron chi connectivity index (χ4n) is 17.9. The van der Waals surface area contributed by atoms with Crippen molar-refractivity contribution in [3.63, 3.8) is 0 Å². The molecule has 0 N–H and O–H groups in total. The zero-order valence-corrected chi connectivity index (χ0v) is 58.3. The molecule has 0 amide bonds. The number of hydrogen-bond donors (Lipinski definition) is 0. The summed E-state index contributed by atoms with van der Waals surface area (Å²) >= 11 is 3.69. The van der Waals surface area contributed by atoms with E-state index in [-0.39, 0.29) is 0 Å². The van der Waals surface area contributed by atoms with Crippen LogP contribution in [-0.4, -0.2) is 4.40 Å². The number of aromatic nitrogens is 1. The van der Waals surface area contributed by atoms with Gasteiger partial charge in [0, 0.05) is 136 Å². The zero-order valence-electron chi connectivity index (χ0n) is 56.6. The Hall–Kier alpha value is -13.5. The van der Waals surface area contributed by atoms with E-state index in [1.54, 1.807) is 0 Å². The maximum Gasteiger partial charge on any atom is 0.143 e. The Morgan fingerprint density at radius 1 is 0.236 bits per heavy atom. The largest absolute Gasteiger partial charge is 0.455 e. The number of furan rings is 3. The highest BCUT2D eigenvalue weighted by Gasteiger charge is 2.30. The molecule has 492 valence electrons. The van der Waals surface area contributed by atoms with Crippen LogP contribution in [0.4, 0.5) is 34.1 Å². The predicted molar refractivity (Wildman–Crippen MR) is 449 cm³/mol. The third kappa shape index (κ3) is 8.19. The van der Waals surface area contributed by atoms with E-state index in [0.29, 0.717) is 0 Å². The molecule has 7 heterocycles. The first kappa shape index (κ1) is 58.1. The number of thiophene rings is 2. The molecule has 0 fully saturated rings. The first-order valence-electron chi connectivity index (χ1n) is 36.0. The quantitative estimate of drug-likeness (QED) is 0.144. The van der Waals surface area contributed by atoms with Gasteiger partial charge in [-0.15, -0.1) is 22.7 Å². The zero-order chi connectivity index (χ0) is 69.0. The Bertz CT molecular complexity index is 7850. The molecule has 24 aromatic rings. The summed E-state index contributed by atoms with van der Waals surface area (Å²) in [5, 5.41) is 20.5. The molecule has 0 aliphatic heterocycles. The minimum Gasteiger partial charge on any atom is -0.455 e. The van der Waals surface area contributed by atoms with Crippen LogP contribution in [0, 0.1) is 0 Å². The molecule has 0 bridgehead atoms. The second-order valence-electron chi connectivity index (χ2n) is 28.0. The molecule has 0 unspecified atom stereocenters. The van der Waals surface area contributed by atoms with Crippen molar-refractivity contribution in [1.29, 1.82) is 0 Å². The average Bonchev–Trinajstić information content (AvgIpc) is 1.52. The van der Waals surface area contributed by atoms with Gasteiger partial charge in [-0.3, -0.25) is 0 Å². The molecule has 0 radical (unpaired) electrons. The Morgan fingerprint density at radius 2 is 0.698 bits per heavy atom. The molecule has 17 aromatic carbocycles. The summed E-state index contributed by atoms with van der Waals surface area (Å²) in [5.41, 5.74) is 21.5. The minimum atomic E-state index is 0.812. The summed E-state index contributed by atoms with van der Waals surface area (Å²) < 4.78 is 29.2. The van der Waals surface area contributed by atoms with E-state index < -0.39 is 0 Å². The lowest BCUT2D eigenvalue weighted by atomic mass is 9.97. The SMILES string of the molecule is c1ccc(-c2ccc3c(c2)c2c(N(c4ccc5c(c4)oc4c(-c6ccccc6)cccc45)c4cccc5c4sc4ccccc45)ccc4c5c6ccc7c(oc8cc(N(c9ccc%10c(c9)oc9c(-c%11ccccc%11)cccc9%10)c9cccc%10c9sc9ccccc9%10)c9ccccc9c87)c6ccc5n3c42)cc1. The first-order chi connectivity index (χ1) is 52.6. The van der Waals surface area contributed by atoms with Crippen molar-refractivity contribution in [3.8, 4) is 33.4 Å². The summed E-state index contributed by atoms with van der Waals surface area (Å²) in [4.78, 5) is 4.96. The van der Waals surface area contributed by atoms with Gasteiger partial charge in [0.05, 0.1) is 48.7 Å². The molecule has 24 rings (SSSR count). The summed E-state index contributed by atoms with van der Waals surface area (Å²) in [6.07, 6.45) is 0. The highest BCUT2D eigenvalue weighted by atomic mass is 32.1. The van der Waals surface area contributed by atoms with E-state index in [9.17, 15) is 0 Å². The van der Waals surface area contributed by atoms with E-state index in [1.165, 1.54) is 67.5 Å². The van der Waals surface area contributed by atoms with Gasteiger partial charge in [-0.25, -0.2) is 0 Å². The molecule has 8 heteroatoms. The smallest absolute Gasteiger partial charge is 0.143 e. The van der Waals surface area contributed by atoms with Gasteiger partial charge in [0.2, 0.25) is 0 Å². The van der Waals surface area contributed by atoms with Gasteiger partial charge in [0.1, 0.15) is 33.5 Å². The van der Waals surface area contributed by atoms with Crippen LogP contribution in [0.2, 0.25) is 0 Å². The van der Waals surface area contributed by atoms with Crippen LogP contribution in [-0.2, 0) is 0 Å². The lowest BCUT2D eigenvalue weighted by molar-refractivity contribution is 0.669. The molecule has 7 aromatic heterocycles. The Balaban J connectivity index is 0.741. The summed E-state index contributed by atoms with van der Waals surface area (Å²) in [6, 6.07) is 122. The number of nitrogens with zero attached hydrogens (tertiary/aromatic N) is 3. The minimum absolute atomic E-state index is 0.812. The second-order valence-corrected chi connectivity index (χ2v) is 30.1. The van der Waals surface area contributed by atoms with Crippen LogP contribution in [0.1, 0.15) is 0 Å². The van der Waals surface area contributed by atoms with E-state index in [2.05, 4.69) is 348 Å². The van der Waals surface area contributed by atoms with Crippen molar-refractivity contribution >= 4 is 223 Å². The third-order valence-electron chi connectivity index (χ3n) is 22.5. The van der Waals surface area contributed by atoms with Crippen molar-refractivity contribution in [3.05, 3.63) is 334 Å². The number of para-hydroxylation sites is 2. The molecule has 0 spiro atoms. The summed E-state index contributed by atoms with van der Waals surface area (Å²) in [6.45, 7) is 0. The molecule has 106 heavy (non-hydrogen) atoms. The van der Waals surface area contributed by atoms with Gasteiger partial charge >= 0.3 is 0 Å². The number of anilines is 6. The molecule has 6 nitrogen and oxygen atoms in total. The normalized spacial score (nSPS) is 12.3. The van der Waals surface area contributed by atoms with Crippen molar-refractivity contribution in [1.82, 2.24) is 4.40 Å². The van der Waals surface area contributed by atoms with Gasteiger partial charge in [-0.1, -0.05) is 231 Å². The van der Waals surface area contributed by atoms with E-state index in [0.717, 1.165) is 166 Å². The van der Waals surface area contributed by atoms with Gasteiger partial charge < -0.3 is 27.5 Å². The van der Waals surface area contributed by atoms with Crippen LogP contribution < -0.4 is 9.80 Å². The van der Waals surface area contributed by atoms with Gasteiger partial charge in [0.25, 0.3) is 0 Å². The Kier molecular flexibility index (Phi) is 12.1. The van der Waals surface area contributed by atoms with Gasteiger partial charge in [-0.2, -0.15) is 0 Å².